The molecule has 3 rings (SSSR count). The van der Waals surface area contributed by atoms with Crippen LogP contribution in [-0.4, -0.2) is 24.7 Å². The van der Waals surface area contributed by atoms with Crippen LogP contribution in [0.2, 0.25) is 0 Å². The second kappa shape index (κ2) is 4.15. The summed E-state index contributed by atoms with van der Waals surface area (Å²) in [4.78, 5) is 4.59. The van der Waals surface area contributed by atoms with Crippen molar-refractivity contribution >= 4 is 5.90 Å². The molecule has 0 saturated carbocycles. The van der Waals surface area contributed by atoms with Gasteiger partial charge in [0.25, 0.3) is 0 Å². The molecule has 3 nitrogen and oxygen atoms in total. The Balaban J connectivity index is 1.68. The maximum Gasteiger partial charge on any atom is 0.217 e. The molecule has 1 fully saturated rings. The van der Waals surface area contributed by atoms with Crippen LogP contribution < -0.4 is 0 Å². The van der Waals surface area contributed by atoms with Crippen molar-refractivity contribution in [3.63, 3.8) is 0 Å². The van der Waals surface area contributed by atoms with Gasteiger partial charge in [-0.05, 0) is 11.5 Å². The van der Waals surface area contributed by atoms with Gasteiger partial charge in [0.15, 0.2) is 6.10 Å². The highest BCUT2D eigenvalue weighted by Gasteiger charge is 2.47. The quantitative estimate of drug-likeness (QED) is 0.749. The average molecular weight is 231 g/mol. The summed E-state index contributed by atoms with van der Waals surface area (Å²) >= 11 is 0. The predicted molar refractivity (Wildman–Crippen MR) is 66.1 cm³/mol. The van der Waals surface area contributed by atoms with Crippen LogP contribution in [0.4, 0.5) is 0 Å². The standard InChI is InChI=1S/C14H17NO2/c1-9(2)11-8-16-14(15-11)13-12(17-13)10-6-4-3-5-7-10/h3-7,9,11-13H,8H2,1-2H3/t11-,12?,13-/m1/s1. The molecule has 1 saturated heterocycles. The minimum Gasteiger partial charge on any atom is -0.477 e. The van der Waals surface area contributed by atoms with E-state index in [2.05, 4.69) is 31.0 Å². The molecule has 0 bridgehead atoms. The largest absolute Gasteiger partial charge is 0.477 e. The van der Waals surface area contributed by atoms with E-state index in [1.54, 1.807) is 0 Å². The van der Waals surface area contributed by atoms with E-state index in [0.717, 1.165) is 5.90 Å². The number of epoxide rings is 1. The van der Waals surface area contributed by atoms with Gasteiger partial charge in [-0.1, -0.05) is 44.2 Å². The first kappa shape index (κ1) is 10.8. The molecular formula is C14H17NO2. The third-order valence-electron chi connectivity index (χ3n) is 3.33. The van der Waals surface area contributed by atoms with Gasteiger partial charge in [-0.2, -0.15) is 0 Å². The molecule has 2 aliphatic heterocycles. The Morgan fingerprint density at radius 3 is 2.59 bits per heavy atom. The fourth-order valence-electron chi connectivity index (χ4n) is 2.10. The number of benzene rings is 1. The SMILES string of the molecule is CC(C)[C@H]1COC([C@@H]2OC2c2ccccc2)=N1. The molecule has 0 amide bonds. The molecule has 0 aromatic heterocycles. The highest BCUT2D eigenvalue weighted by atomic mass is 16.6. The van der Waals surface area contributed by atoms with Crippen molar-refractivity contribution in [2.24, 2.45) is 10.9 Å². The van der Waals surface area contributed by atoms with Gasteiger partial charge in [-0.15, -0.1) is 0 Å². The maximum atomic E-state index is 5.66. The number of hydrogen-bond donors (Lipinski definition) is 0. The second-order valence-corrected chi connectivity index (χ2v) is 4.98. The lowest BCUT2D eigenvalue weighted by atomic mass is 10.1. The van der Waals surface area contributed by atoms with E-state index in [4.69, 9.17) is 9.47 Å². The van der Waals surface area contributed by atoms with E-state index < -0.39 is 0 Å². The number of aliphatic imine (C=N–C) groups is 1. The summed E-state index contributed by atoms with van der Waals surface area (Å²) in [6.45, 7) is 5.04. The van der Waals surface area contributed by atoms with Crippen LogP contribution >= 0.6 is 0 Å². The lowest BCUT2D eigenvalue weighted by Crippen LogP contribution is -2.13. The number of rotatable bonds is 3. The van der Waals surface area contributed by atoms with Crippen molar-refractivity contribution < 1.29 is 9.47 Å². The third-order valence-corrected chi connectivity index (χ3v) is 3.33. The molecule has 1 aromatic carbocycles. The predicted octanol–water partition coefficient (Wildman–Crippen LogP) is 2.58. The fraction of sp³-hybridized carbons (Fsp3) is 0.500. The van der Waals surface area contributed by atoms with Gasteiger partial charge in [-0.25, -0.2) is 4.99 Å². The fourth-order valence-corrected chi connectivity index (χ4v) is 2.10. The van der Waals surface area contributed by atoms with E-state index in [1.807, 2.05) is 18.2 Å². The van der Waals surface area contributed by atoms with Crippen LogP contribution in [0.15, 0.2) is 35.3 Å². The minimum absolute atomic E-state index is 0.0427. The minimum atomic E-state index is 0.0427. The van der Waals surface area contributed by atoms with Crippen LogP contribution in [0.25, 0.3) is 0 Å². The Morgan fingerprint density at radius 2 is 1.94 bits per heavy atom. The second-order valence-electron chi connectivity index (χ2n) is 4.98. The zero-order valence-corrected chi connectivity index (χ0v) is 10.2. The van der Waals surface area contributed by atoms with Crippen molar-refractivity contribution in [3.05, 3.63) is 35.9 Å². The van der Waals surface area contributed by atoms with E-state index in [-0.39, 0.29) is 12.2 Å². The van der Waals surface area contributed by atoms with E-state index >= 15 is 0 Å². The molecule has 1 unspecified atom stereocenters. The van der Waals surface area contributed by atoms with E-state index in [0.29, 0.717) is 18.6 Å². The van der Waals surface area contributed by atoms with Gasteiger partial charge in [0, 0.05) is 0 Å². The Kier molecular flexibility index (Phi) is 2.63. The third kappa shape index (κ3) is 2.07. The van der Waals surface area contributed by atoms with Gasteiger partial charge in [0.2, 0.25) is 5.90 Å². The van der Waals surface area contributed by atoms with E-state index in [9.17, 15) is 0 Å². The molecule has 2 aliphatic rings. The zero-order chi connectivity index (χ0) is 11.8. The van der Waals surface area contributed by atoms with Crippen LogP contribution in [0, 0.1) is 5.92 Å². The first-order chi connectivity index (χ1) is 8.25. The van der Waals surface area contributed by atoms with Crippen molar-refractivity contribution in [3.8, 4) is 0 Å². The van der Waals surface area contributed by atoms with E-state index in [1.165, 1.54) is 5.56 Å². The number of nitrogens with zero attached hydrogens (tertiary/aromatic N) is 1. The topological polar surface area (TPSA) is 34.1 Å². The molecule has 2 heterocycles. The summed E-state index contributed by atoms with van der Waals surface area (Å²) in [5.74, 6) is 1.32. The van der Waals surface area contributed by atoms with Gasteiger partial charge < -0.3 is 9.47 Å². The molecule has 0 spiro atoms. The number of ether oxygens (including phenoxy) is 2. The summed E-state index contributed by atoms with van der Waals surface area (Å²) in [7, 11) is 0. The van der Waals surface area contributed by atoms with Gasteiger partial charge in [0.1, 0.15) is 12.7 Å². The van der Waals surface area contributed by atoms with Crippen molar-refractivity contribution in [1.82, 2.24) is 0 Å². The van der Waals surface area contributed by atoms with Gasteiger partial charge in [-0.3, -0.25) is 0 Å². The van der Waals surface area contributed by atoms with Gasteiger partial charge >= 0.3 is 0 Å². The average Bonchev–Trinajstić information content (AvgIpc) is 2.99. The normalized spacial score (nSPS) is 31.2. The molecule has 1 aromatic rings. The highest BCUT2D eigenvalue weighted by Crippen LogP contribution is 2.40. The first-order valence-corrected chi connectivity index (χ1v) is 6.16. The van der Waals surface area contributed by atoms with Crippen LogP contribution in [0.3, 0.4) is 0 Å². The lowest BCUT2D eigenvalue weighted by Gasteiger charge is -2.06. The highest BCUT2D eigenvalue weighted by molar-refractivity contribution is 5.85. The first-order valence-electron chi connectivity index (χ1n) is 6.16. The molecule has 90 valence electrons. The van der Waals surface area contributed by atoms with Crippen LogP contribution in [0.5, 0.6) is 0 Å². The summed E-state index contributed by atoms with van der Waals surface area (Å²) in [5.41, 5.74) is 1.21. The summed E-state index contributed by atoms with van der Waals surface area (Å²) in [6.07, 6.45) is 0.182. The van der Waals surface area contributed by atoms with Crippen molar-refractivity contribution in [1.29, 1.82) is 0 Å². The Morgan fingerprint density at radius 1 is 1.18 bits per heavy atom. The Bertz CT molecular complexity index is 427. The van der Waals surface area contributed by atoms with Crippen molar-refractivity contribution in [2.45, 2.75) is 32.1 Å². The smallest absolute Gasteiger partial charge is 0.217 e. The Hall–Kier alpha value is -1.35. The maximum absolute atomic E-state index is 5.66. The molecule has 0 radical (unpaired) electrons. The Labute approximate surface area is 101 Å². The number of hydrogen-bond acceptors (Lipinski definition) is 3. The molecular weight excluding hydrogens is 214 g/mol. The molecule has 3 heteroatoms. The summed E-state index contributed by atoms with van der Waals surface area (Å²) in [6, 6.07) is 10.5. The monoisotopic (exact) mass is 231 g/mol. The van der Waals surface area contributed by atoms with Crippen LogP contribution in [-0.2, 0) is 9.47 Å². The van der Waals surface area contributed by atoms with Crippen molar-refractivity contribution in [2.75, 3.05) is 6.61 Å². The lowest BCUT2D eigenvalue weighted by molar-refractivity contribution is 0.277. The zero-order valence-electron chi connectivity index (χ0n) is 10.2. The molecule has 17 heavy (non-hydrogen) atoms. The summed E-state index contributed by atoms with van der Waals surface area (Å²) < 4.78 is 11.3. The molecule has 3 atom stereocenters. The summed E-state index contributed by atoms with van der Waals surface area (Å²) in [5, 5.41) is 0. The van der Waals surface area contributed by atoms with Gasteiger partial charge in [0.05, 0.1) is 6.04 Å². The van der Waals surface area contributed by atoms with Crippen LogP contribution in [0.1, 0.15) is 25.5 Å². The molecule has 0 aliphatic carbocycles. The molecule has 0 N–H and O–H groups in total.